The molecular formula is C17H26N2O2S. The van der Waals surface area contributed by atoms with Crippen molar-refractivity contribution in [3.63, 3.8) is 0 Å². The number of hydrogen-bond donors (Lipinski definition) is 1. The maximum atomic E-state index is 12.4. The van der Waals surface area contributed by atoms with Gasteiger partial charge in [-0.2, -0.15) is 0 Å². The first-order valence-corrected chi connectivity index (χ1v) is 9.16. The molecule has 2 heterocycles. The van der Waals surface area contributed by atoms with E-state index >= 15 is 0 Å². The molecule has 1 aliphatic carbocycles. The van der Waals surface area contributed by atoms with Gasteiger partial charge in [-0.1, -0.05) is 0 Å². The monoisotopic (exact) mass is 322 g/mol. The highest BCUT2D eigenvalue weighted by atomic mass is 32.1. The van der Waals surface area contributed by atoms with Gasteiger partial charge in [-0.25, -0.2) is 0 Å². The van der Waals surface area contributed by atoms with Crippen LogP contribution < -0.4 is 10.2 Å². The molecule has 0 bridgehead atoms. The maximum absolute atomic E-state index is 12.4. The predicted molar refractivity (Wildman–Crippen MR) is 91.0 cm³/mol. The summed E-state index contributed by atoms with van der Waals surface area (Å²) in [5, 5.41) is 4.36. The number of thiophene rings is 1. The Hall–Kier alpha value is -1.07. The van der Waals surface area contributed by atoms with Gasteiger partial charge in [0.2, 0.25) is 0 Å². The van der Waals surface area contributed by atoms with Crippen LogP contribution in [0.1, 0.15) is 47.8 Å². The van der Waals surface area contributed by atoms with Crippen LogP contribution in [0.15, 0.2) is 6.07 Å². The highest BCUT2D eigenvalue weighted by Crippen LogP contribution is 2.38. The van der Waals surface area contributed by atoms with E-state index in [2.05, 4.69) is 16.3 Å². The lowest BCUT2D eigenvalue weighted by atomic mass is 10.1. The van der Waals surface area contributed by atoms with Crippen molar-refractivity contribution in [2.45, 2.75) is 45.1 Å². The third-order valence-corrected chi connectivity index (χ3v) is 5.63. The van der Waals surface area contributed by atoms with Crippen LogP contribution in [0, 0.1) is 5.92 Å². The molecule has 1 saturated carbocycles. The molecule has 1 aromatic rings. The van der Waals surface area contributed by atoms with Gasteiger partial charge in [0.1, 0.15) is 0 Å². The van der Waals surface area contributed by atoms with E-state index in [1.807, 2.05) is 6.92 Å². The van der Waals surface area contributed by atoms with Crippen molar-refractivity contribution in [3.05, 3.63) is 16.5 Å². The van der Waals surface area contributed by atoms with Gasteiger partial charge in [0.25, 0.3) is 5.91 Å². The first-order chi connectivity index (χ1) is 10.7. The van der Waals surface area contributed by atoms with Gasteiger partial charge < -0.3 is 15.0 Å². The van der Waals surface area contributed by atoms with Crippen LogP contribution >= 0.6 is 11.3 Å². The molecule has 4 nitrogen and oxygen atoms in total. The van der Waals surface area contributed by atoms with Gasteiger partial charge in [-0.15, -0.1) is 11.3 Å². The van der Waals surface area contributed by atoms with Gasteiger partial charge in [0.05, 0.1) is 16.5 Å². The first-order valence-electron chi connectivity index (χ1n) is 8.35. The van der Waals surface area contributed by atoms with Crippen molar-refractivity contribution in [1.29, 1.82) is 0 Å². The van der Waals surface area contributed by atoms with Crippen molar-refractivity contribution >= 4 is 22.2 Å². The van der Waals surface area contributed by atoms with Gasteiger partial charge in [-0.05, 0) is 56.6 Å². The lowest BCUT2D eigenvalue weighted by Crippen LogP contribution is -2.35. The largest absolute Gasteiger partial charge is 0.383 e. The van der Waals surface area contributed by atoms with Crippen LogP contribution in [0.2, 0.25) is 0 Å². The Balaban J connectivity index is 1.72. The van der Waals surface area contributed by atoms with Gasteiger partial charge >= 0.3 is 0 Å². The predicted octanol–water partition coefficient (Wildman–Crippen LogP) is 3.07. The standard InChI is InChI=1S/C17H26N2O2S/c1-12(11-21-2)18-16(20)15-9-14-5-3-4-8-19(17(14)22-15)10-13-6-7-13/h9,12-13H,3-8,10-11H2,1-2H3,(H,18,20). The molecule has 1 aromatic heterocycles. The summed E-state index contributed by atoms with van der Waals surface area (Å²) < 4.78 is 5.09. The molecule has 1 amide bonds. The minimum Gasteiger partial charge on any atom is -0.383 e. The molecule has 0 spiro atoms. The summed E-state index contributed by atoms with van der Waals surface area (Å²) in [6.07, 6.45) is 6.35. The zero-order chi connectivity index (χ0) is 15.5. The van der Waals surface area contributed by atoms with Crippen LogP contribution in [0.25, 0.3) is 0 Å². The van der Waals surface area contributed by atoms with Crippen molar-refractivity contribution < 1.29 is 9.53 Å². The number of anilines is 1. The van der Waals surface area contributed by atoms with Crippen molar-refractivity contribution in [2.75, 3.05) is 31.7 Å². The molecule has 122 valence electrons. The third kappa shape index (κ3) is 3.82. The fourth-order valence-corrected chi connectivity index (χ4v) is 4.22. The second kappa shape index (κ2) is 7.01. The quantitative estimate of drug-likeness (QED) is 0.875. The number of aryl methyl sites for hydroxylation is 1. The van der Waals surface area contributed by atoms with Gasteiger partial charge in [0, 0.05) is 26.2 Å². The van der Waals surface area contributed by atoms with E-state index in [1.165, 1.54) is 42.8 Å². The van der Waals surface area contributed by atoms with E-state index in [0.29, 0.717) is 6.61 Å². The fourth-order valence-electron chi connectivity index (χ4n) is 3.07. The molecule has 5 heteroatoms. The molecule has 2 aliphatic rings. The lowest BCUT2D eigenvalue weighted by molar-refractivity contribution is 0.0909. The number of hydrogen-bond acceptors (Lipinski definition) is 4. The normalized spacial score (nSPS) is 19.5. The van der Waals surface area contributed by atoms with Crippen molar-refractivity contribution in [3.8, 4) is 0 Å². The molecule has 0 radical (unpaired) electrons. The Labute approximate surface area is 136 Å². The molecule has 1 aliphatic heterocycles. The number of rotatable bonds is 6. The molecule has 3 rings (SSSR count). The van der Waals surface area contributed by atoms with Crippen molar-refractivity contribution in [1.82, 2.24) is 5.32 Å². The Morgan fingerprint density at radius 2 is 2.32 bits per heavy atom. The van der Waals surface area contributed by atoms with Crippen LogP contribution in [0.5, 0.6) is 0 Å². The third-order valence-electron chi connectivity index (χ3n) is 4.39. The Kier molecular flexibility index (Phi) is 5.03. The molecular weight excluding hydrogens is 296 g/mol. The summed E-state index contributed by atoms with van der Waals surface area (Å²) in [4.78, 5) is 15.8. The number of methoxy groups -OCH3 is 1. The van der Waals surface area contributed by atoms with Crippen LogP contribution in [0.3, 0.4) is 0 Å². The average molecular weight is 322 g/mol. The lowest BCUT2D eigenvalue weighted by Gasteiger charge is -2.22. The second-order valence-electron chi connectivity index (χ2n) is 6.62. The van der Waals surface area contributed by atoms with Crippen LogP contribution in [0.4, 0.5) is 5.00 Å². The molecule has 1 atom stereocenters. The highest BCUT2D eigenvalue weighted by Gasteiger charge is 2.28. The smallest absolute Gasteiger partial charge is 0.261 e. The first kappa shape index (κ1) is 15.8. The highest BCUT2D eigenvalue weighted by molar-refractivity contribution is 7.18. The number of fused-ring (bicyclic) bond motifs is 1. The van der Waals surface area contributed by atoms with E-state index in [4.69, 9.17) is 4.74 Å². The van der Waals surface area contributed by atoms with E-state index in [-0.39, 0.29) is 11.9 Å². The zero-order valence-corrected chi connectivity index (χ0v) is 14.4. The molecule has 1 fully saturated rings. The van der Waals surface area contributed by atoms with Gasteiger partial charge in [-0.3, -0.25) is 4.79 Å². The van der Waals surface area contributed by atoms with E-state index in [0.717, 1.165) is 23.8 Å². The second-order valence-corrected chi connectivity index (χ2v) is 7.65. The Morgan fingerprint density at radius 1 is 1.50 bits per heavy atom. The molecule has 1 unspecified atom stereocenters. The maximum Gasteiger partial charge on any atom is 0.261 e. The molecule has 0 aromatic carbocycles. The zero-order valence-electron chi connectivity index (χ0n) is 13.6. The van der Waals surface area contributed by atoms with E-state index in [9.17, 15) is 4.79 Å². The summed E-state index contributed by atoms with van der Waals surface area (Å²) >= 11 is 1.67. The van der Waals surface area contributed by atoms with Crippen LogP contribution in [-0.2, 0) is 11.2 Å². The number of carbonyl (C=O) groups is 1. The number of nitrogens with one attached hydrogen (secondary N) is 1. The molecule has 1 N–H and O–H groups in total. The summed E-state index contributed by atoms with van der Waals surface area (Å²) in [5.41, 5.74) is 1.37. The Morgan fingerprint density at radius 3 is 3.05 bits per heavy atom. The molecule has 22 heavy (non-hydrogen) atoms. The minimum atomic E-state index is 0.0361. The summed E-state index contributed by atoms with van der Waals surface area (Å²) in [6, 6.07) is 2.15. The summed E-state index contributed by atoms with van der Waals surface area (Å²) in [6.45, 7) is 4.84. The van der Waals surface area contributed by atoms with E-state index in [1.54, 1.807) is 18.4 Å². The van der Waals surface area contributed by atoms with Crippen LogP contribution in [-0.4, -0.2) is 38.8 Å². The van der Waals surface area contributed by atoms with Crippen molar-refractivity contribution in [2.24, 2.45) is 5.92 Å². The number of carbonyl (C=O) groups excluding carboxylic acids is 1. The van der Waals surface area contributed by atoms with Gasteiger partial charge in [0.15, 0.2) is 0 Å². The SMILES string of the molecule is COCC(C)NC(=O)c1cc2c(s1)N(CC1CC1)CCCC2. The Bertz CT molecular complexity index is 525. The number of nitrogens with zero attached hydrogens (tertiary/aromatic N) is 1. The number of amides is 1. The summed E-state index contributed by atoms with van der Waals surface area (Å²) in [5.74, 6) is 0.918. The minimum absolute atomic E-state index is 0.0361. The summed E-state index contributed by atoms with van der Waals surface area (Å²) in [7, 11) is 1.66. The fraction of sp³-hybridized carbons (Fsp3) is 0.706. The number of ether oxygens (including phenoxy) is 1. The molecule has 0 saturated heterocycles. The average Bonchev–Trinajstić information content (AvgIpc) is 3.23. The van der Waals surface area contributed by atoms with E-state index < -0.39 is 0 Å². The topological polar surface area (TPSA) is 41.6 Å².